The Morgan fingerprint density at radius 2 is 2.15 bits per heavy atom. The Balaban J connectivity index is 1.92. The molecule has 0 unspecified atom stereocenters. The molecule has 1 aliphatic heterocycles. The maximum atomic E-state index is 9.11. The summed E-state index contributed by atoms with van der Waals surface area (Å²) < 4.78 is 5.96. The van der Waals surface area contributed by atoms with E-state index in [0.29, 0.717) is 12.3 Å². The number of para-hydroxylation sites is 1. The largest absolute Gasteiger partial charge is 0.438 e. The van der Waals surface area contributed by atoms with Crippen molar-refractivity contribution in [3.8, 4) is 11.6 Å². The van der Waals surface area contributed by atoms with Crippen molar-refractivity contribution in [1.29, 1.82) is 0 Å². The van der Waals surface area contributed by atoms with Crippen LogP contribution in [-0.2, 0) is 19.4 Å². The molecule has 0 radical (unpaired) electrons. The molecule has 5 nitrogen and oxygen atoms in total. The first-order valence-electron chi connectivity index (χ1n) is 6.78. The lowest BCUT2D eigenvalue weighted by molar-refractivity contribution is 0.297. The van der Waals surface area contributed by atoms with E-state index in [4.69, 9.17) is 9.84 Å². The maximum absolute atomic E-state index is 9.11. The molecule has 0 saturated carbocycles. The summed E-state index contributed by atoms with van der Waals surface area (Å²) in [4.78, 5) is 8.56. The highest BCUT2D eigenvalue weighted by Gasteiger charge is 2.17. The third-order valence-corrected chi connectivity index (χ3v) is 3.40. The molecule has 0 spiro atoms. The standard InChI is InChI=1S/C15H17N3O2/c19-8-6-11-3-1-2-4-14(11)20-15-12-9-16-7-5-13(12)17-10-18-15/h1-4,10,16,19H,5-9H2. The molecule has 2 N–H and O–H groups in total. The molecule has 1 aliphatic rings. The second kappa shape index (κ2) is 5.98. The number of aliphatic hydroxyl groups excluding tert-OH is 1. The summed E-state index contributed by atoms with van der Waals surface area (Å²) in [5.74, 6) is 1.35. The first-order valence-corrected chi connectivity index (χ1v) is 6.78. The number of ether oxygens (including phenoxy) is 1. The molecule has 104 valence electrons. The Bertz CT molecular complexity index is 601. The summed E-state index contributed by atoms with van der Waals surface area (Å²) in [6.45, 7) is 1.77. The molecule has 0 aliphatic carbocycles. The zero-order valence-corrected chi connectivity index (χ0v) is 11.2. The zero-order chi connectivity index (χ0) is 13.8. The quantitative estimate of drug-likeness (QED) is 0.881. The molecule has 0 saturated heterocycles. The third kappa shape index (κ3) is 2.64. The first kappa shape index (κ1) is 13.0. The van der Waals surface area contributed by atoms with Crippen LogP contribution in [0.3, 0.4) is 0 Å². The van der Waals surface area contributed by atoms with Gasteiger partial charge in [0.1, 0.15) is 12.1 Å². The number of benzene rings is 1. The average Bonchev–Trinajstić information content (AvgIpc) is 2.50. The van der Waals surface area contributed by atoms with Gasteiger partial charge >= 0.3 is 0 Å². The van der Waals surface area contributed by atoms with E-state index >= 15 is 0 Å². The SMILES string of the molecule is OCCc1ccccc1Oc1ncnc2c1CNCC2. The highest BCUT2D eigenvalue weighted by Crippen LogP contribution is 2.28. The Morgan fingerprint density at radius 1 is 1.25 bits per heavy atom. The van der Waals surface area contributed by atoms with Crippen molar-refractivity contribution in [3.63, 3.8) is 0 Å². The molecular formula is C15H17N3O2. The van der Waals surface area contributed by atoms with Gasteiger partial charge < -0.3 is 15.2 Å². The van der Waals surface area contributed by atoms with Crippen LogP contribution in [0.4, 0.5) is 0 Å². The number of rotatable bonds is 4. The molecular weight excluding hydrogens is 254 g/mol. The Labute approximate surface area is 117 Å². The van der Waals surface area contributed by atoms with E-state index in [2.05, 4.69) is 15.3 Å². The predicted molar refractivity (Wildman–Crippen MR) is 74.7 cm³/mol. The van der Waals surface area contributed by atoms with E-state index in [1.54, 1.807) is 6.33 Å². The van der Waals surface area contributed by atoms with Crippen LogP contribution in [0.5, 0.6) is 11.6 Å². The van der Waals surface area contributed by atoms with Crippen LogP contribution >= 0.6 is 0 Å². The van der Waals surface area contributed by atoms with Crippen molar-refractivity contribution >= 4 is 0 Å². The summed E-state index contributed by atoms with van der Waals surface area (Å²) in [6, 6.07) is 7.71. The molecule has 0 fully saturated rings. The maximum Gasteiger partial charge on any atom is 0.227 e. The van der Waals surface area contributed by atoms with Gasteiger partial charge in [-0.25, -0.2) is 9.97 Å². The Kier molecular flexibility index (Phi) is 3.90. The number of fused-ring (bicyclic) bond motifs is 1. The van der Waals surface area contributed by atoms with Crippen molar-refractivity contribution in [2.45, 2.75) is 19.4 Å². The zero-order valence-electron chi connectivity index (χ0n) is 11.2. The van der Waals surface area contributed by atoms with Gasteiger partial charge in [0, 0.05) is 26.1 Å². The lowest BCUT2D eigenvalue weighted by Gasteiger charge is -2.19. The van der Waals surface area contributed by atoms with Gasteiger partial charge in [0.05, 0.1) is 11.3 Å². The van der Waals surface area contributed by atoms with Crippen LogP contribution in [0.15, 0.2) is 30.6 Å². The van der Waals surface area contributed by atoms with E-state index in [1.165, 1.54) is 0 Å². The summed E-state index contributed by atoms with van der Waals surface area (Å²) in [5.41, 5.74) is 3.05. The number of nitrogens with zero attached hydrogens (tertiary/aromatic N) is 2. The monoisotopic (exact) mass is 271 g/mol. The van der Waals surface area contributed by atoms with Crippen molar-refractivity contribution in [2.75, 3.05) is 13.2 Å². The molecule has 0 atom stereocenters. The number of nitrogens with one attached hydrogen (secondary N) is 1. The smallest absolute Gasteiger partial charge is 0.227 e. The molecule has 5 heteroatoms. The third-order valence-electron chi connectivity index (χ3n) is 3.40. The molecule has 20 heavy (non-hydrogen) atoms. The van der Waals surface area contributed by atoms with E-state index in [-0.39, 0.29) is 6.61 Å². The van der Waals surface area contributed by atoms with Crippen LogP contribution in [0.1, 0.15) is 16.8 Å². The highest BCUT2D eigenvalue weighted by molar-refractivity contribution is 5.39. The summed E-state index contributed by atoms with van der Waals surface area (Å²) >= 11 is 0. The van der Waals surface area contributed by atoms with Gasteiger partial charge in [-0.2, -0.15) is 0 Å². The summed E-state index contributed by atoms with van der Waals surface area (Å²) in [5, 5.41) is 12.4. The van der Waals surface area contributed by atoms with Crippen molar-refractivity contribution < 1.29 is 9.84 Å². The van der Waals surface area contributed by atoms with E-state index in [1.807, 2.05) is 24.3 Å². The number of aromatic nitrogens is 2. The Morgan fingerprint density at radius 3 is 3.05 bits per heavy atom. The first-order chi connectivity index (χ1) is 9.88. The van der Waals surface area contributed by atoms with Gasteiger partial charge in [0.25, 0.3) is 0 Å². The minimum absolute atomic E-state index is 0.101. The number of aliphatic hydroxyl groups is 1. The summed E-state index contributed by atoms with van der Waals surface area (Å²) in [7, 11) is 0. The van der Waals surface area contributed by atoms with Gasteiger partial charge in [0.2, 0.25) is 5.88 Å². The van der Waals surface area contributed by atoms with Crippen LogP contribution in [0, 0.1) is 0 Å². The van der Waals surface area contributed by atoms with Gasteiger partial charge in [-0.1, -0.05) is 18.2 Å². The fourth-order valence-corrected chi connectivity index (χ4v) is 2.37. The van der Waals surface area contributed by atoms with E-state index < -0.39 is 0 Å². The lowest BCUT2D eigenvalue weighted by Crippen LogP contribution is -2.25. The van der Waals surface area contributed by atoms with Crippen LogP contribution in [0.2, 0.25) is 0 Å². The molecule has 0 bridgehead atoms. The topological polar surface area (TPSA) is 67.3 Å². The normalized spacial score (nSPS) is 13.8. The van der Waals surface area contributed by atoms with Crippen molar-refractivity contribution in [3.05, 3.63) is 47.4 Å². The molecule has 3 rings (SSSR count). The van der Waals surface area contributed by atoms with Crippen LogP contribution in [0.25, 0.3) is 0 Å². The minimum Gasteiger partial charge on any atom is -0.438 e. The fraction of sp³-hybridized carbons (Fsp3) is 0.333. The molecule has 2 aromatic rings. The number of hydrogen-bond acceptors (Lipinski definition) is 5. The second-order valence-corrected chi connectivity index (χ2v) is 4.71. The Hall–Kier alpha value is -1.98. The summed E-state index contributed by atoms with van der Waals surface area (Å²) in [6.07, 6.45) is 3.02. The second-order valence-electron chi connectivity index (χ2n) is 4.71. The predicted octanol–water partition coefficient (Wildman–Crippen LogP) is 1.45. The lowest BCUT2D eigenvalue weighted by atomic mass is 10.1. The van der Waals surface area contributed by atoms with Gasteiger partial charge in [-0.3, -0.25) is 0 Å². The average molecular weight is 271 g/mol. The number of hydrogen-bond donors (Lipinski definition) is 2. The van der Waals surface area contributed by atoms with Crippen LogP contribution in [-0.4, -0.2) is 28.2 Å². The van der Waals surface area contributed by atoms with Crippen molar-refractivity contribution in [2.24, 2.45) is 0 Å². The molecule has 2 heterocycles. The van der Waals surface area contributed by atoms with Gasteiger partial charge in [0.15, 0.2) is 0 Å². The van der Waals surface area contributed by atoms with E-state index in [0.717, 1.165) is 42.1 Å². The fourth-order valence-electron chi connectivity index (χ4n) is 2.37. The van der Waals surface area contributed by atoms with Crippen molar-refractivity contribution in [1.82, 2.24) is 15.3 Å². The molecule has 1 aromatic heterocycles. The van der Waals surface area contributed by atoms with Crippen LogP contribution < -0.4 is 10.1 Å². The van der Waals surface area contributed by atoms with Gasteiger partial charge in [-0.15, -0.1) is 0 Å². The highest BCUT2D eigenvalue weighted by atomic mass is 16.5. The molecule has 1 aromatic carbocycles. The van der Waals surface area contributed by atoms with Gasteiger partial charge in [-0.05, 0) is 18.1 Å². The molecule has 0 amide bonds. The minimum atomic E-state index is 0.101. The van der Waals surface area contributed by atoms with E-state index in [9.17, 15) is 0 Å².